The molecule has 0 aliphatic heterocycles. The van der Waals surface area contributed by atoms with E-state index in [1.807, 2.05) is 12.1 Å². The first kappa shape index (κ1) is 12.1. The minimum absolute atomic E-state index is 0.253. The average Bonchev–Trinajstić information content (AvgIpc) is 2.26. The third-order valence-electron chi connectivity index (χ3n) is 2.12. The van der Waals surface area contributed by atoms with E-state index in [1.165, 1.54) is 11.1 Å². The molecule has 15 heavy (non-hydrogen) atoms. The highest BCUT2D eigenvalue weighted by Crippen LogP contribution is 2.06. The first-order chi connectivity index (χ1) is 7.36. The highest BCUT2D eigenvalue weighted by Gasteiger charge is 1.95. The van der Waals surface area contributed by atoms with Crippen molar-refractivity contribution in [1.29, 1.82) is 0 Å². The first-order valence-corrected chi connectivity index (χ1v) is 5.20. The van der Waals surface area contributed by atoms with Gasteiger partial charge in [-0.15, -0.1) is 0 Å². The predicted molar refractivity (Wildman–Crippen MR) is 59.5 cm³/mol. The van der Waals surface area contributed by atoms with E-state index in [9.17, 15) is 4.39 Å². The molecule has 0 radical (unpaired) electrons. The molecule has 0 fully saturated rings. The van der Waals surface area contributed by atoms with Crippen LogP contribution in [0.2, 0.25) is 0 Å². The van der Waals surface area contributed by atoms with E-state index in [1.54, 1.807) is 7.11 Å². The predicted octanol–water partition coefficient (Wildman–Crippen LogP) is 2.28. The molecule has 0 bridgehead atoms. The van der Waals surface area contributed by atoms with Crippen molar-refractivity contribution < 1.29 is 9.13 Å². The molecule has 0 amide bonds. The maximum atomic E-state index is 11.8. The Kier molecular flexibility index (Phi) is 5.97. The summed E-state index contributed by atoms with van der Waals surface area (Å²) in [4.78, 5) is 0. The van der Waals surface area contributed by atoms with Crippen molar-refractivity contribution in [2.45, 2.75) is 19.6 Å². The summed E-state index contributed by atoms with van der Waals surface area (Å²) in [5, 5.41) is 3.19. The summed E-state index contributed by atoms with van der Waals surface area (Å²) in [6.07, 6.45) is 0.581. The Morgan fingerprint density at radius 2 is 2.13 bits per heavy atom. The number of hydrogen-bond donors (Lipinski definition) is 1. The fourth-order valence-electron chi connectivity index (χ4n) is 1.42. The van der Waals surface area contributed by atoms with Gasteiger partial charge in [-0.25, -0.2) is 0 Å². The Bertz CT molecular complexity index is 278. The van der Waals surface area contributed by atoms with Crippen LogP contribution < -0.4 is 5.32 Å². The molecule has 0 saturated heterocycles. The van der Waals surface area contributed by atoms with Gasteiger partial charge in [0, 0.05) is 13.7 Å². The lowest BCUT2D eigenvalue weighted by Crippen LogP contribution is -2.15. The molecular weight excluding hydrogens is 193 g/mol. The molecule has 0 atom stereocenters. The molecule has 0 aliphatic carbocycles. The Morgan fingerprint density at radius 3 is 2.87 bits per heavy atom. The van der Waals surface area contributed by atoms with Crippen LogP contribution in [0.15, 0.2) is 24.3 Å². The van der Waals surface area contributed by atoms with Crippen LogP contribution in [-0.4, -0.2) is 20.3 Å². The second kappa shape index (κ2) is 7.37. The summed E-state index contributed by atoms with van der Waals surface area (Å²) in [5.41, 5.74) is 2.38. The molecular formula is C12H18FNO. The second-order valence-corrected chi connectivity index (χ2v) is 3.47. The zero-order chi connectivity index (χ0) is 10.9. The lowest BCUT2D eigenvalue weighted by molar-refractivity contribution is 0.185. The topological polar surface area (TPSA) is 21.3 Å². The highest BCUT2D eigenvalue weighted by atomic mass is 19.1. The van der Waals surface area contributed by atoms with E-state index in [0.717, 1.165) is 13.1 Å². The number of ether oxygens (including phenoxy) is 1. The quantitative estimate of drug-likeness (QED) is 0.699. The molecule has 1 aromatic rings. The van der Waals surface area contributed by atoms with Gasteiger partial charge in [-0.1, -0.05) is 24.3 Å². The molecule has 3 heteroatoms. The van der Waals surface area contributed by atoms with Gasteiger partial charge < -0.3 is 10.1 Å². The van der Waals surface area contributed by atoms with E-state index in [2.05, 4.69) is 17.4 Å². The molecule has 0 aliphatic rings. The number of methoxy groups -OCH3 is 1. The molecule has 0 heterocycles. The monoisotopic (exact) mass is 211 g/mol. The molecule has 0 spiro atoms. The number of benzene rings is 1. The van der Waals surface area contributed by atoms with Crippen LogP contribution in [0, 0.1) is 0 Å². The van der Waals surface area contributed by atoms with E-state index in [-0.39, 0.29) is 6.67 Å². The molecule has 84 valence electrons. The number of alkyl halides is 1. The fraction of sp³-hybridized carbons (Fsp3) is 0.500. The molecule has 2 nitrogen and oxygen atoms in total. The van der Waals surface area contributed by atoms with Crippen molar-refractivity contribution in [3.63, 3.8) is 0 Å². The van der Waals surface area contributed by atoms with Crippen LogP contribution in [0.1, 0.15) is 17.5 Å². The van der Waals surface area contributed by atoms with Crippen LogP contribution in [-0.2, 0) is 17.9 Å². The van der Waals surface area contributed by atoms with Gasteiger partial charge in [0.05, 0.1) is 13.3 Å². The summed E-state index contributed by atoms with van der Waals surface area (Å²) in [5.74, 6) is 0. The van der Waals surface area contributed by atoms with Gasteiger partial charge in [-0.2, -0.15) is 0 Å². The average molecular weight is 211 g/mol. The lowest BCUT2D eigenvalue weighted by atomic mass is 10.1. The third kappa shape index (κ3) is 4.91. The minimum atomic E-state index is -0.253. The number of halogens is 1. The summed E-state index contributed by atoms with van der Waals surface area (Å²) in [6, 6.07) is 8.21. The maximum Gasteiger partial charge on any atom is 0.0906 e. The van der Waals surface area contributed by atoms with Crippen molar-refractivity contribution in [1.82, 2.24) is 5.32 Å². The zero-order valence-corrected chi connectivity index (χ0v) is 9.13. The van der Waals surface area contributed by atoms with Crippen LogP contribution >= 0.6 is 0 Å². The second-order valence-electron chi connectivity index (χ2n) is 3.47. The van der Waals surface area contributed by atoms with Crippen molar-refractivity contribution in [2.24, 2.45) is 0 Å². The van der Waals surface area contributed by atoms with Gasteiger partial charge in [0.15, 0.2) is 0 Å². The minimum Gasteiger partial charge on any atom is -0.380 e. The van der Waals surface area contributed by atoms with Crippen LogP contribution in [0.5, 0.6) is 0 Å². The maximum absolute atomic E-state index is 11.8. The van der Waals surface area contributed by atoms with Crippen LogP contribution in [0.4, 0.5) is 4.39 Å². The van der Waals surface area contributed by atoms with Gasteiger partial charge in [-0.3, -0.25) is 4.39 Å². The molecule has 1 N–H and O–H groups in total. The normalized spacial score (nSPS) is 10.5. The fourth-order valence-corrected chi connectivity index (χ4v) is 1.42. The van der Waals surface area contributed by atoms with Gasteiger partial charge in [0.25, 0.3) is 0 Å². The van der Waals surface area contributed by atoms with Crippen LogP contribution in [0.25, 0.3) is 0 Å². The SMILES string of the molecule is COCc1cccc(CNCCCF)c1. The van der Waals surface area contributed by atoms with E-state index < -0.39 is 0 Å². The molecule has 1 rings (SSSR count). The standard InChI is InChI=1S/C12H18FNO/c1-15-10-12-5-2-4-11(8-12)9-14-7-3-6-13/h2,4-5,8,14H,3,6-7,9-10H2,1H3. The molecule has 0 unspecified atom stereocenters. The summed E-state index contributed by atoms with van der Waals surface area (Å²) in [6.45, 7) is 1.90. The first-order valence-electron chi connectivity index (χ1n) is 5.20. The van der Waals surface area contributed by atoms with E-state index in [0.29, 0.717) is 13.0 Å². The largest absolute Gasteiger partial charge is 0.380 e. The summed E-state index contributed by atoms with van der Waals surface area (Å²) in [7, 11) is 1.69. The van der Waals surface area contributed by atoms with Gasteiger partial charge in [0.1, 0.15) is 0 Å². The van der Waals surface area contributed by atoms with Crippen molar-refractivity contribution in [3.8, 4) is 0 Å². The summed E-state index contributed by atoms with van der Waals surface area (Å²) < 4.78 is 16.9. The van der Waals surface area contributed by atoms with E-state index >= 15 is 0 Å². The van der Waals surface area contributed by atoms with Gasteiger partial charge in [-0.05, 0) is 24.1 Å². The smallest absolute Gasteiger partial charge is 0.0906 e. The lowest BCUT2D eigenvalue weighted by Gasteiger charge is -2.05. The van der Waals surface area contributed by atoms with Crippen molar-refractivity contribution in [2.75, 3.05) is 20.3 Å². The zero-order valence-electron chi connectivity index (χ0n) is 9.13. The highest BCUT2D eigenvalue weighted by molar-refractivity contribution is 5.22. The Balaban J connectivity index is 2.36. The van der Waals surface area contributed by atoms with Crippen LogP contribution in [0.3, 0.4) is 0 Å². The number of rotatable bonds is 7. The number of hydrogen-bond acceptors (Lipinski definition) is 2. The van der Waals surface area contributed by atoms with E-state index in [4.69, 9.17) is 4.74 Å². The Morgan fingerprint density at radius 1 is 1.33 bits per heavy atom. The molecule has 0 aromatic heterocycles. The van der Waals surface area contributed by atoms with Gasteiger partial charge in [0.2, 0.25) is 0 Å². The van der Waals surface area contributed by atoms with Crippen molar-refractivity contribution in [3.05, 3.63) is 35.4 Å². The third-order valence-corrected chi connectivity index (χ3v) is 2.12. The molecule has 1 aromatic carbocycles. The Hall–Kier alpha value is -0.930. The van der Waals surface area contributed by atoms with Crippen molar-refractivity contribution >= 4 is 0 Å². The molecule has 0 saturated carbocycles. The number of nitrogens with one attached hydrogen (secondary N) is 1. The Labute approximate surface area is 90.4 Å². The van der Waals surface area contributed by atoms with Gasteiger partial charge >= 0.3 is 0 Å². The summed E-state index contributed by atoms with van der Waals surface area (Å²) >= 11 is 0.